The fourth-order valence-electron chi connectivity index (χ4n) is 2.82. The van der Waals surface area contributed by atoms with Crippen LogP contribution < -0.4 is 8.91 Å². The highest BCUT2D eigenvalue weighted by Gasteiger charge is 2.21. The summed E-state index contributed by atoms with van der Waals surface area (Å²) in [5.41, 5.74) is 1.92. The monoisotopic (exact) mass is 431 g/mol. The van der Waals surface area contributed by atoms with Crippen LogP contribution in [0.2, 0.25) is 0 Å². The number of benzene rings is 3. The van der Waals surface area contributed by atoms with Crippen molar-refractivity contribution in [1.29, 1.82) is 0 Å². The van der Waals surface area contributed by atoms with Gasteiger partial charge in [0.05, 0.1) is 10.6 Å². The van der Waals surface area contributed by atoms with Crippen molar-refractivity contribution in [3.63, 3.8) is 0 Å². The number of hydrogen-bond donors (Lipinski definition) is 1. The van der Waals surface area contributed by atoms with Crippen molar-refractivity contribution < 1.29 is 21.0 Å². The Bertz CT molecular complexity index is 1270. The van der Waals surface area contributed by atoms with E-state index in [1.165, 1.54) is 18.2 Å². The van der Waals surface area contributed by atoms with Gasteiger partial charge in [0.2, 0.25) is 0 Å². The van der Waals surface area contributed by atoms with E-state index in [4.69, 9.17) is 4.18 Å². The third-order valence-corrected chi connectivity index (χ3v) is 7.32. The van der Waals surface area contributed by atoms with Crippen molar-refractivity contribution in [1.82, 2.24) is 0 Å². The minimum absolute atomic E-state index is 0.0539. The molecule has 0 spiro atoms. The van der Waals surface area contributed by atoms with Gasteiger partial charge in [-0.1, -0.05) is 42.5 Å². The lowest BCUT2D eigenvalue weighted by Crippen LogP contribution is -2.15. The maximum Gasteiger partial charge on any atom is 0.339 e. The van der Waals surface area contributed by atoms with E-state index in [1.807, 2.05) is 0 Å². The number of nitrogens with one attached hydrogen (secondary N) is 1. The Labute approximate surface area is 171 Å². The van der Waals surface area contributed by atoms with Crippen LogP contribution >= 0.6 is 0 Å². The highest BCUT2D eigenvalue weighted by atomic mass is 32.2. The van der Waals surface area contributed by atoms with Crippen LogP contribution in [0.3, 0.4) is 0 Å². The van der Waals surface area contributed by atoms with E-state index in [2.05, 4.69) is 4.72 Å². The van der Waals surface area contributed by atoms with Crippen LogP contribution in [0.15, 0.2) is 76.5 Å². The smallest absolute Gasteiger partial charge is 0.339 e. The number of aryl methyl sites for hydroxylation is 3. The van der Waals surface area contributed by atoms with E-state index >= 15 is 0 Å². The predicted molar refractivity (Wildman–Crippen MR) is 112 cm³/mol. The molecule has 0 unspecified atom stereocenters. The molecule has 0 amide bonds. The van der Waals surface area contributed by atoms with Crippen molar-refractivity contribution in [3.05, 3.63) is 83.4 Å². The summed E-state index contributed by atoms with van der Waals surface area (Å²) in [5.74, 6) is 0.0539. The van der Waals surface area contributed by atoms with E-state index in [9.17, 15) is 16.8 Å². The third kappa shape index (κ3) is 4.60. The molecule has 0 heterocycles. The zero-order valence-electron chi connectivity index (χ0n) is 16.2. The Kier molecular flexibility index (Phi) is 5.68. The highest BCUT2D eigenvalue weighted by molar-refractivity contribution is 7.92. The fourth-order valence-corrected chi connectivity index (χ4v) is 5.33. The van der Waals surface area contributed by atoms with Gasteiger partial charge in [-0.05, 0) is 55.7 Å². The zero-order chi connectivity index (χ0) is 21.2. The normalized spacial score (nSPS) is 11.8. The van der Waals surface area contributed by atoms with Gasteiger partial charge in [0.15, 0.2) is 0 Å². The van der Waals surface area contributed by atoms with Gasteiger partial charge in [-0.2, -0.15) is 8.42 Å². The van der Waals surface area contributed by atoms with Crippen molar-refractivity contribution in [2.75, 3.05) is 4.72 Å². The van der Waals surface area contributed by atoms with Crippen LogP contribution in [0.4, 0.5) is 5.69 Å². The summed E-state index contributed by atoms with van der Waals surface area (Å²) in [4.78, 5) is 0.209. The second-order valence-electron chi connectivity index (χ2n) is 6.65. The first-order chi connectivity index (χ1) is 13.6. The van der Waals surface area contributed by atoms with Gasteiger partial charge in [0, 0.05) is 6.07 Å². The molecule has 3 aromatic carbocycles. The van der Waals surface area contributed by atoms with E-state index in [-0.39, 0.29) is 21.2 Å². The molecule has 29 heavy (non-hydrogen) atoms. The molecule has 0 radical (unpaired) electrons. The molecule has 3 aromatic rings. The second-order valence-corrected chi connectivity index (χ2v) is 9.82. The summed E-state index contributed by atoms with van der Waals surface area (Å²) in [5, 5.41) is 0. The van der Waals surface area contributed by atoms with Gasteiger partial charge in [-0.25, -0.2) is 8.42 Å². The van der Waals surface area contributed by atoms with Gasteiger partial charge in [0.25, 0.3) is 10.0 Å². The molecule has 0 saturated heterocycles. The molecular weight excluding hydrogens is 410 g/mol. The summed E-state index contributed by atoms with van der Waals surface area (Å²) in [6.07, 6.45) is 0. The largest absolute Gasteiger partial charge is 0.379 e. The lowest BCUT2D eigenvalue weighted by Gasteiger charge is -2.14. The summed E-state index contributed by atoms with van der Waals surface area (Å²) in [6.45, 7) is 5.06. The molecule has 0 atom stereocenters. The molecule has 8 heteroatoms. The molecular formula is C21H21NO5S2. The zero-order valence-corrected chi connectivity index (χ0v) is 17.8. The van der Waals surface area contributed by atoms with Gasteiger partial charge in [-0.3, -0.25) is 4.72 Å². The Morgan fingerprint density at radius 1 is 0.690 bits per heavy atom. The molecule has 3 rings (SSSR count). The molecule has 0 aliphatic heterocycles. The summed E-state index contributed by atoms with van der Waals surface area (Å²) >= 11 is 0. The molecule has 152 valence electrons. The lowest BCUT2D eigenvalue weighted by atomic mass is 10.2. The molecule has 0 fully saturated rings. The van der Waals surface area contributed by atoms with Gasteiger partial charge in [-0.15, -0.1) is 0 Å². The molecule has 0 saturated carbocycles. The lowest BCUT2D eigenvalue weighted by molar-refractivity contribution is 0.484. The summed E-state index contributed by atoms with van der Waals surface area (Å²) < 4.78 is 58.6. The predicted octanol–water partition coefficient (Wildman–Crippen LogP) is 4.18. The molecule has 1 N–H and O–H groups in total. The maximum atomic E-state index is 12.7. The highest BCUT2D eigenvalue weighted by Crippen LogP contribution is 2.28. The first-order valence-electron chi connectivity index (χ1n) is 8.79. The third-order valence-electron chi connectivity index (χ3n) is 4.39. The van der Waals surface area contributed by atoms with Crippen LogP contribution in [0.1, 0.15) is 16.7 Å². The average molecular weight is 432 g/mol. The number of sulfonamides is 1. The van der Waals surface area contributed by atoms with Crippen molar-refractivity contribution in [3.8, 4) is 5.75 Å². The average Bonchev–Trinajstić information content (AvgIpc) is 2.64. The number of rotatable bonds is 6. The summed E-state index contributed by atoms with van der Waals surface area (Å²) in [6, 6.07) is 17.6. The van der Waals surface area contributed by atoms with Crippen LogP contribution in [0.25, 0.3) is 0 Å². The van der Waals surface area contributed by atoms with Crippen LogP contribution in [-0.2, 0) is 20.1 Å². The van der Waals surface area contributed by atoms with Crippen molar-refractivity contribution >= 4 is 25.8 Å². The van der Waals surface area contributed by atoms with Crippen LogP contribution in [0, 0.1) is 20.8 Å². The van der Waals surface area contributed by atoms with E-state index < -0.39 is 20.1 Å². The molecule has 0 aliphatic rings. The molecule has 6 nitrogen and oxygen atoms in total. The Morgan fingerprint density at radius 2 is 1.24 bits per heavy atom. The minimum atomic E-state index is -4.06. The first kappa shape index (κ1) is 20.9. The topological polar surface area (TPSA) is 89.5 Å². The van der Waals surface area contributed by atoms with Crippen molar-refractivity contribution in [2.45, 2.75) is 30.6 Å². The van der Waals surface area contributed by atoms with Crippen molar-refractivity contribution in [2.24, 2.45) is 0 Å². The SMILES string of the molecule is Cc1ccc(NS(=O)(=O)c2ccccc2C)cc1OS(=O)(=O)c1ccccc1C. The van der Waals surface area contributed by atoms with E-state index in [1.54, 1.807) is 69.3 Å². The Hall–Kier alpha value is -2.84. The number of anilines is 1. The Balaban J connectivity index is 1.93. The Morgan fingerprint density at radius 3 is 1.83 bits per heavy atom. The summed E-state index contributed by atoms with van der Waals surface area (Å²) in [7, 11) is -7.89. The molecule has 0 aliphatic carbocycles. The van der Waals surface area contributed by atoms with E-state index in [0.717, 1.165) is 0 Å². The maximum absolute atomic E-state index is 12.7. The van der Waals surface area contributed by atoms with E-state index in [0.29, 0.717) is 16.7 Å². The molecule has 0 bridgehead atoms. The molecule has 0 aromatic heterocycles. The van der Waals surface area contributed by atoms with Crippen LogP contribution in [-0.4, -0.2) is 16.8 Å². The van der Waals surface area contributed by atoms with Gasteiger partial charge < -0.3 is 4.18 Å². The van der Waals surface area contributed by atoms with Gasteiger partial charge >= 0.3 is 10.1 Å². The quantitative estimate of drug-likeness (QED) is 0.592. The second kappa shape index (κ2) is 7.88. The van der Waals surface area contributed by atoms with Gasteiger partial charge in [0.1, 0.15) is 10.6 Å². The number of hydrogen-bond acceptors (Lipinski definition) is 5. The minimum Gasteiger partial charge on any atom is -0.379 e. The first-order valence-corrected chi connectivity index (χ1v) is 11.7. The standard InChI is InChI=1S/C21H21NO5S2/c1-15-12-13-18(22-28(23,24)20-10-6-4-8-16(20)2)14-19(15)27-29(25,26)21-11-7-5-9-17(21)3/h4-14,22H,1-3H3. The van der Waals surface area contributed by atoms with Crippen LogP contribution in [0.5, 0.6) is 5.75 Å². The fraction of sp³-hybridized carbons (Fsp3) is 0.143.